The van der Waals surface area contributed by atoms with Crippen LogP contribution in [-0.4, -0.2) is 15.6 Å². The number of amides is 2. The van der Waals surface area contributed by atoms with Gasteiger partial charge in [-0.1, -0.05) is 18.2 Å². The Morgan fingerprint density at radius 3 is 2.74 bits per heavy atom. The Bertz CT molecular complexity index is 1330. The van der Waals surface area contributed by atoms with E-state index < -0.39 is 6.03 Å². The number of rotatable bonds is 5. The third kappa shape index (κ3) is 4.77. The summed E-state index contributed by atoms with van der Waals surface area (Å²) >= 11 is 1.43. The average molecular weight is 438 g/mol. The van der Waals surface area contributed by atoms with Gasteiger partial charge < -0.3 is 15.2 Å². The van der Waals surface area contributed by atoms with Gasteiger partial charge in [0.15, 0.2) is 5.65 Å². The van der Waals surface area contributed by atoms with Crippen molar-refractivity contribution in [1.82, 2.24) is 9.56 Å². The van der Waals surface area contributed by atoms with Gasteiger partial charge in [-0.2, -0.15) is 0 Å². The van der Waals surface area contributed by atoms with Crippen LogP contribution in [0, 0.1) is 19.7 Å². The maximum Gasteiger partial charge on any atom is 0.323 e. The number of halogens is 1. The Morgan fingerprint density at radius 1 is 1.13 bits per heavy atom. The summed E-state index contributed by atoms with van der Waals surface area (Å²) in [6, 6.07) is 14.4. The molecular formula is C22H19FN4O3S. The van der Waals surface area contributed by atoms with E-state index in [0.717, 1.165) is 9.47 Å². The first kappa shape index (κ1) is 20.7. The predicted molar refractivity (Wildman–Crippen MR) is 118 cm³/mol. The van der Waals surface area contributed by atoms with Crippen molar-refractivity contribution in [1.29, 1.82) is 0 Å². The number of aryl methyl sites for hydroxylation is 2. The second kappa shape index (κ2) is 8.65. The Balaban J connectivity index is 1.46. The van der Waals surface area contributed by atoms with Gasteiger partial charge in [0.1, 0.15) is 11.6 Å². The van der Waals surface area contributed by atoms with Gasteiger partial charge in [0.25, 0.3) is 5.56 Å². The first-order valence-corrected chi connectivity index (χ1v) is 10.4. The molecule has 0 spiro atoms. The maximum absolute atomic E-state index is 13.7. The van der Waals surface area contributed by atoms with E-state index in [1.54, 1.807) is 44.2 Å². The van der Waals surface area contributed by atoms with Crippen molar-refractivity contribution in [3.05, 3.63) is 87.8 Å². The van der Waals surface area contributed by atoms with Gasteiger partial charge in [0.05, 0.1) is 11.4 Å². The van der Waals surface area contributed by atoms with E-state index in [9.17, 15) is 14.0 Å². The van der Waals surface area contributed by atoms with Crippen LogP contribution in [0.4, 0.5) is 20.6 Å². The van der Waals surface area contributed by atoms with Crippen molar-refractivity contribution >= 4 is 34.8 Å². The fourth-order valence-electron chi connectivity index (χ4n) is 2.95. The van der Waals surface area contributed by atoms with Crippen LogP contribution < -0.4 is 16.2 Å². The lowest BCUT2D eigenvalue weighted by Gasteiger charge is -2.12. The molecule has 0 bridgehead atoms. The van der Waals surface area contributed by atoms with Crippen LogP contribution >= 0.6 is 11.8 Å². The molecule has 158 valence electrons. The number of carbonyl (C=O) groups is 1. The molecule has 0 unspecified atom stereocenters. The molecule has 9 heteroatoms. The van der Waals surface area contributed by atoms with Crippen LogP contribution in [0.3, 0.4) is 0 Å². The van der Waals surface area contributed by atoms with Crippen molar-refractivity contribution < 1.29 is 13.7 Å². The van der Waals surface area contributed by atoms with E-state index in [1.807, 2.05) is 12.1 Å². The fourth-order valence-corrected chi connectivity index (χ4v) is 3.85. The summed E-state index contributed by atoms with van der Waals surface area (Å²) in [6.07, 6.45) is 0. The zero-order valence-corrected chi connectivity index (χ0v) is 17.6. The second-order valence-electron chi connectivity index (χ2n) is 6.91. The maximum atomic E-state index is 13.7. The molecule has 0 saturated carbocycles. The van der Waals surface area contributed by atoms with Crippen molar-refractivity contribution in [3.63, 3.8) is 0 Å². The number of carbonyl (C=O) groups excluding carboxylic acids is 1. The van der Waals surface area contributed by atoms with Crippen LogP contribution in [-0.2, 0) is 5.75 Å². The predicted octanol–water partition coefficient (Wildman–Crippen LogP) is 4.98. The first-order chi connectivity index (χ1) is 14.9. The number of hydrogen-bond acceptors (Lipinski definition) is 5. The van der Waals surface area contributed by atoms with E-state index in [2.05, 4.69) is 15.6 Å². The summed E-state index contributed by atoms with van der Waals surface area (Å²) in [5.74, 6) is 0.643. The number of urea groups is 1. The zero-order valence-electron chi connectivity index (χ0n) is 16.8. The molecule has 0 radical (unpaired) electrons. The highest BCUT2D eigenvalue weighted by molar-refractivity contribution is 7.98. The number of nitrogens with zero attached hydrogens (tertiary/aromatic N) is 2. The highest BCUT2D eigenvalue weighted by Crippen LogP contribution is 2.29. The van der Waals surface area contributed by atoms with Crippen molar-refractivity contribution in [3.8, 4) is 0 Å². The van der Waals surface area contributed by atoms with E-state index in [4.69, 9.17) is 4.52 Å². The van der Waals surface area contributed by atoms with Crippen molar-refractivity contribution in [2.24, 2.45) is 0 Å². The van der Waals surface area contributed by atoms with Crippen LogP contribution in [0.1, 0.15) is 17.0 Å². The summed E-state index contributed by atoms with van der Waals surface area (Å²) in [7, 11) is 0. The minimum absolute atomic E-state index is 0.287. The number of thioether (sulfide) groups is 1. The number of fused-ring (bicyclic) bond motifs is 1. The van der Waals surface area contributed by atoms with E-state index in [-0.39, 0.29) is 11.4 Å². The number of para-hydroxylation sites is 1. The summed E-state index contributed by atoms with van der Waals surface area (Å²) in [5, 5.41) is 5.40. The van der Waals surface area contributed by atoms with Crippen LogP contribution in [0.15, 0.2) is 68.8 Å². The Morgan fingerprint density at radius 2 is 1.94 bits per heavy atom. The Labute approximate surface area is 181 Å². The third-order valence-corrected chi connectivity index (χ3v) is 5.57. The third-order valence-electron chi connectivity index (χ3n) is 4.46. The van der Waals surface area contributed by atoms with E-state index in [1.165, 1.54) is 23.9 Å². The monoisotopic (exact) mass is 438 g/mol. The molecule has 4 rings (SSSR count). The normalized spacial score (nSPS) is 10.9. The van der Waals surface area contributed by atoms with Gasteiger partial charge in [-0.3, -0.25) is 4.79 Å². The molecule has 2 heterocycles. The molecule has 31 heavy (non-hydrogen) atoms. The van der Waals surface area contributed by atoms with Crippen LogP contribution in [0.5, 0.6) is 0 Å². The van der Waals surface area contributed by atoms with Crippen molar-refractivity contribution in [2.75, 3.05) is 10.6 Å². The minimum atomic E-state index is -0.483. The molecule has 0 aliphatic rings. The Kier molecular flexibility index (Phi) is 5.77. The van der Waals surface area contributed by atoms with Gasteiger partial charge in [-0.05, 0) is 43.7 Å². The number of nitrogens with one attached hydrogen (secondary N) is 2. The SMILES string of the molecule is Cc1cc2nc(CSc3ccccc3NC(=O)Nc3ccc(C)c(F)c3)cc(=O)n2o1. The molecule has 0 saturated heterocycles. The van der Waals surface area contributed by atoms with Gasteiger partial charge >= 0.3 is 6.03 Å². The second-order valence-corrected chi connectivity index (χ2v) is 7.93. The van der Waals surface area contributed by atoms with E-state index >= 15 is 0 Å². The summed E-state index contributed by atoms with van der Waals surface area (Å²) in [4.78, 5) is 29.8. The molecule has 0 aliphatic heterocycles. The first-order valence-electron chi connectivity index (χ1n) is 9.44. The van der Waals surface area contributed by atoms with Gasteiger partial charge in [0.2, 0.25) is 0 Å². The molecular weight excluding hydrogens is 419 g/mol. The zero-order chi connectivity index (χ0) is 22.0. The van der Waals surface area contributed by atoms with E-state index in [0.29, 0.717) is 39.8 Å². The number of hydrogen-bond donors (Lipinski definition) is 2. The lowest BCUT2D eigenvalue weighted by atomic mass is 10.2. The van der Waals surface area contributed by atoms with Crippen molar-refractivity contribution in [2.45, 2.75) is 24.5 Å². The summed E-state index contributed by atoms with van der Waals surface area (Å²) in [6.45, 7) is 3.40. The standard InChI is InChI=1S/C22H19FN4O3S/c1-13-7-8-15(10-17(13)23)25-22(29)26-18-5-3-4-6-19(18)31-12-16-11-21(28)27-20(24-16)9-14(2)30-27/h3-11H,12H2,1-2H3,(H2,25,26,29). The topological polar surface area (TPSA) is 88.6 Å². The smallest absolute Gasteiger partial charge is 0.323 e. The highest BCUT2D eigenvalue weighted by atomic mass is 32.2. The van der Waals surface area contributed by atoms with Gasteiger partial charge in [-0.25, -0.2) is 14.2 Å². The van der Waals surface area contributed by atoms with Gasteiger partial charge in [0, 0.05) is 28.5 Å². The average Bonchev–Trinajstić information content (AvgIpc) is 3.11. The molecule has 0 aliphatic carbocycles. The minimum Gasteiger partial charge on any atom is -0.375 e. The molecule has 0 atom stereocenters. The fraction of sp³-hybridized carbons (Fsp3) is 0.136. The molecule has 4 aromatic rings. The summed E-state index contributed by atoms with van der Waals surface area (Å²) in [5.41, 5.74) is 2.23. The molecule has 7 nitrogen and oxygen atoms in total. The van der Waals surface area contributed by atoms with Crippen LogP contribution in [0.2, 0.25) is 0 Å². The molecule has 2 amide bonds. The molecule has 2 N–H and O–H groups in total. The lowest BCUT2D eigenvalue weighted by molar-refractivity contribution is 0.262. The summed E-state index contributed by atoms with van der Waals surface area (Å²) < 4.78 is 20.1. The number of anilines is 2. The van der Waals surface area contributed by atoms with Gasteiger partial charge in [-0.15, -0.1) is 16.3 Å². The Hall–Kier alpha value is -3.59. The van der Waals surface area contributed by atoms with Crippen LogP contribution in [0.25, 0.3) is 5.65 Å². The quantitative estimate of drug-likeness (QED) is 0.429. The number of benzene rings is 2. The molecule has 0 fully saturated rings. The molecule has 2 aromatic carbocycles. The largest absolute Gasteiger partial charge is 0.375 e. The molecule has 2 aromatic heterocycles. The number of aromatic nitrogens is 2. The lowest BCUT2D eigenvalue weighted by Crippen LogP contribution is -2.20. The highest BCUT2D eigenvalue weighted by Gasteiger charge is 2.11.